The molecule has 2 rings (SSSR count). The zero-order chi connectivity index (χ0) is 32.3. The Hall–Kier alpha value is 0.350. The Labute approximate surface area is 306 Å². The van der Waals surface area contributed by atoms with Gasteiger partial charge in [-0.3, -0.25) is 0 Å². The highest BCUT2D eigenvalue weighted by Crippen LogP contribution is 2.24. The first-order valence-electron chi connectivity index (χ1n) is 15.3. The van der Waals surface area contributed by atoms with Gasteiger partial charge in [-0.05, 0) is 109 Å². The highest BCUT2D eigenvalue weighted by atomic mass is 127. The molecule has 0 aromatic heterocycles. The van der Waals surface area contributed by atoms with Gasteiger partial charge >= 0.3 is 41.6 Å². The first-order chi connectivity index (χ1) is 21.1. The Balaban J connectivity index is 1.66. The molecule has 2 aromatic carbocycles. The lowest BCUT2D eigenvalue weighted by Crippen LogP contribution is -3.85. The average molecular weight is 1040 g/mol. The maximum atomic E-state index is 14.9. The lowest BCUT2D eigenvalue weighted by atomic mass is 10.0. The van der Waals surface area contributed by atoms with Crippen LogP contribution < -0.4 is 20.2 Å². The Morgan fingerprint density at radius 3 is 1.36 bits per heavy atom. The zero-order valence-electron chi connectivity index (χ0n) is 25.1. The summed E-state index contributed by atoms with van der Waals surface area (Å²) in [5.41, 5.74) is 0. The molecule has 0 saturated carbocycles. The second-order valence-corrected chi connectivity index (χ2v) is 20.5. The molecule has 0 fully saturated rings. The normalized spacial score (nSPS) is 12.1. The van der Waals surface area contributed by atoms with Crippen LogP contribution in [0.2, 0.25) is 0 Å². The number of alkyl halides is 3. The van der Waals surface area contributed by atoms with Crippen LogP contribution in [0.5, 0.6) is 0 Å². The molecule has 0 aliphatic carbocycles. The van der Waals surface area contributed by atoms with Crippen LogP contribution in [0.15, 0.2) is 48.5 Å². The lowest BCUT2D eigenvalue weighted by molar-refractivity contribution is -1.03. The highest BCUT2D eigenvalue weighted by molar-refractivity contribution is 14.1. The molecule has 0 atom stereocenters. The molecule has 0 heterocycles. The van der Waals surface area contributed by atoms with Crippen LogP contribution in [-0.2, 0) is 22.2 Å². The fourth-order valence-electron chi connectivity index (χ4n) is 4.43. The summed E-state index contributed by atoms with van der Waals surface area (Å²) < 4.78 is 68.0. The van der Waals surface area contributed by atoms with E-state index >= 15 is 0 Å². The van der Waals surface area contributed by atoms with E-state index in [0.29, 0.717) is 13.6 Å². The smallest absolute Gasteiger partial charge is 0.460 e. The van der Waals surface area contributed by atoms with Gasteiger partial charge in [-0.25, -0.2) is 4.79 Å². The van der Waals surface area contributed by atoms with Gasteiger partial charge in [0, 0.05) is 12.5 Å². The number of halogens is 6. The van der Waals surface area contributed by atoms with E-state index in [0.717, 1.165) is 38.2 Å². The number of rotatable bonds is 24. The number of esters is 1. The van der Waals surface area contributed by atoms with Crippen molar-refractivity contribution < 1.29 is 49.5 Å². The van der Waals surface area contributed by atoms with Crippen molar-refractivity contribution in [2.24, 2.45) is 0 Å². The van der Waals surface area contributed by atoms with E-state index in [-0.39, 0.29) is 6.61 Å². The molecule has 0 bridgehead atoms. The number of carbonyl (C=O) groups excluding carboxylic acids is 1. The summed E-state index contributed by atoms with van der Waals surface area (Å²) in [6.07, 6.45) is 18.6. The minimum atomic E-state index is -5.59. The summed E-state index contributed by atoms with van der Waals surface area (Å²) in [5, 5.41) is -3.69. The van der Waals surface area contributed by atoms with E-state index < -0.39 is 41.6 Å². The maximum Gasteiger partial charge on any atom is 0.469 e. The molecule has 0 unspecified atom stereocenters. The highest BCUT2D eigenvalue weighted by Gasteiger charge is 2.60. The molecule has 249 valence electrons. The van der Waals surface area contributed by atoms with Crippen molar-refractivity contribution in [3.63, 3.8) is 0 Å². The molecule has 0 aliphatic heterocycles. The molecule has 0 N–H and O–H groups in total. The van der Waals surface area contributed by atoms with Crippen molar-refractivity contribution >= 4 is 77.2 Å². The molecule has 0 saturated heterocycles. The molecule has 12 heteroatoms. The standard InChI is InChI=1S/C32H44BrF2I3O5S/c33-25-15-13-11-9-7-5-3-1-2-4-6-8-10-12-14-16-26-42-31(39)32(34,35)44(40,41)43-38(29-21-17-27(36)18-22-29)30-23-19-28(37)20-24-30/h17-24H,1-16,25-26H2/q+1. The summed E-state index contributed by atoms with van der Waals surface area (Å²) in [7, 11) is -5.59. The van der Waals surface area contributed by atoms with Gasteiger partial charge in [0.15, 0.2) is 7.14 Å². The molecular weight excluding hydrogens is 995 g/mol. The summed E-state index contributed by atoms with van der Waals surface area (Å²) >= 11 is 4.34. The van der Waals surface area contributed by atoms with E-state index in [4.69, 9.17) is 7.25 Å². The third kappa shape index (κ3) is 15.5. The summed E-state index contributed by atoms with van der Waals surface area (Å²) in [5.74, 6) is -2.09. The first kappa shape index (κ1) is 40.5. The van der Waals surface area contributed by atoms with Gasteiger partial charge < -0.3 is 4.74 Å². The molecule has 0 spiro atoms. The van der Waals surface area contributed by atoms with E-state index in [1.165, 1.54) is 70.6 Å². The van der Waals surface area contributed by atoms with E-state index in [2.05, 4.69) is 61.1 Å². The van der Waals surface area contributed by atoms with Gasteiger partial charge in [0.2, 0.25) is 0 Å². The van der Waals surface area contributed by atoms with Crippen LogP contribution in [0.25, 0.3) is 0 Å². The van der Waals surface area contributed by atoms with E-state index in [1.807, 2.05) is 0 Å². The van der Waals surface area contributed by atoms with Crippen LogP contribution in [0.4, 0.5) is 8.78 Å². The van der Waals surface area contributed by atoms with Gasteiger partial charge in [0.25, 0.3) is 0 Å². The van der Waals surface area contributed by atoms with Crippen LogP contribution in [0.3, 0.4) is 0 Å². The summed E-state index contributed by atoms with van der Waals surface area (Å²) in [6.45, 7) is -0.253. The Kier molecular flexibility index (Phi) is 21.0. The molecule has 44 heavy (non-hydrogen) atoms. The molecule has 5 nitrogen and oxygen atoms in total. The second kappa shape index (κ2) is 22.8. The fourth-order valence-corrected chi connectivity index (χ4v) is 12.3. The maximum absolute atomic E-state index is 14.9. The van der Waals surface area contributed by atoms with Gasteiger partial charge in [0.1, 0.15) is 0 Å². The SMILES string of the molecule is O=C(OCCCCCCCCCCCCCCCCCCBr)C(F)(F)S(=O)(=O)O[I+](c1ccc(I)cc1)c1ccc(I)cc1. The van der Waals surface area contributed by atoms with Crippen molar-refractivity contribution in [2.75, 3.05) is 11.9 Å². The van der Waals surface area contributed by atoms with Crippen LogP contribution in [0, 0.1) is 14.3 Å². The average Bonchev–Trinajstić information content (AvgIpc) is 3.00. The molecule has 0 amide bonds. The minimum Gasteiger partial charge on any atom is -0.460 e. The Morgan fingerprint density at radius 1 is 0.659 bits per heavy atom. The molecule has 0 aliphatic rings. The number of hydrogen-bond acceptors (Lipinski definition) is 5. The van der Waals surface area contributed by atoms with Crippen molar-refractivity contribution in [3.05, 3.63) is 62.8 Å². The van der Waals surface area contributed by atoms with Gasteiger partial charge in [-0.1, -0.05) is 106 Å². The van der Waals surface area contributed by atoms with Crippen molar-refractivity contribution in [1.29, 1.82) is 0 Å². The number of ether oxygens (including phenoxy) is 1. The topological polar surface area (TPSA) is 69.7 Å². The predicted molar refractivity (Wildman–Crippen MR) is 189 cm³/mol. The summed E-state index contributed by atoms with van der Waals surface area (Å²) in [4.78, 5) is 12.2. The molecule has 2 aromatic rings. The minimum absolute atomic E-state index is 0.253. The number of carbonyl (C=O) groups is 1. The zero-order valence-corrected chi connectivity index (χ0v) is 33.9. The summed E-state index contributed by atoms with van der Waals surface area (Å²) in [6, 6.07) is 13.7. The molecular formula is C32H44BrF2I3O5S+. The Morgan fingerprint density at radius 2 is 1.00 bits per heavy atom. The van der Waals surface area contributed by atoms with Gasteiger partial charge in [-0.15, -0.1) is 0 Å². The number of unbranched alkanes of at least 4 members (excludes halogenated alkanes) is 15. The predicted octanol–water partition coefficient (Wildman–Crippen LogP) is 7.59. The van der Waals surface area contributed by atoms with Crippen LogP contribution >= 0.6 is 61.1 Å². The second-order valence-electron chi connectivity index (χ2n) is 10.6. The van der Waals surface area contributed by atoms with E-state index in [9.17, 15) is 22.0 Å². The number of benzene rings is 2. The lowest BCUT2D eigenvalue weighted by Gasteiger charge is -2.14. The Bertz CT molecular complexity index is 1140. The first-order valence-corrected chi connectivity index (χ1v) is 23.1. The van der Waals surface area contributed by atoms with Crippen molar-refractivity contribution in [1.82, 2.24) is 0 Å². The molecule has 1 radical (unpaired) electrons. The van der Waals surface area contributed by atoms with Crippen LogP contribution in [-0.4, -0.2) is 31.6 Å². The van der Waals surface area contributed by atoms with Crippen molar-refractivity contribution in [2.45, 2.75) is 108 Å². The third-order valence-corrected chi connectivity index (χ3v) is 16.2. The van der Waals surface area contributed by atoms with Gasteiger partial charge in [0.05, 0.1) is 6.61 Å². The largest absolute Gasteiger partial charge is 0.469 e. The number of hydrogen-bond donors (Lipinski definition) is 0. The van der Waals surface area contributed by atoms with Crippen LogP contribution in [0.1, 0.15) is 103 Å². The van der Waals surface area contributed by atoms with E-state index in [1.54, 1.807) is 48.5 Å². The third-order valence-electron chi connectivity index (χ3n) is 6.96. The fraction of sp³-hybridized carbons (Fsp3) is 0.594. The quantitative estimate of drug-likeness (QED) is 0.0470. The monoisotopic (exact) mass is 1040 g/mol. The van der Waals surface area contributed by atoms with Crippen molar-refractivity contribution in [3.8, 4) is 0 Å². The van der Waals surface area contributed by atoms with Gasteiger partial charge in [-0.2, -0.15) is 17.2 Å².